The zero-order valence-electron chi connectivity index (χ0n) is 10.1. The van der Waals surface area contributed by atoms with Gasteiger partial charge in [-0.05, 0) is 55.1 Å². The van der Waals surface area contributed by atoms with Crippen molar-refractivity contribution in [1.29, 1.82) is 0 Å². The first-order valence-corrected chi connectivity index (χ1v) is 6.37. The number of halogens is 1. The molecule has 0 unspecified atom stereocenters. The van der Waals surface area contributed by atoms with E-state index in [0.29, 0.717) is 11.5 Å². The third-order valence-electron chi connectivity index (χ3n) is 3.19. The normalized spacial score (nSPS) is 14.8. The van der Waals surface area contributed by atoms with Gasteiger partial charge < -0.3 is 4.57 Å². The molecule has 92 valence electrons. The van der Waals surface area contributed by atoms with Crippen molar-refractivity contribution in [2.45, 2.75) is 25.7 Å². The van der Waals surface area contributed by atoms with Crippen LogP contribution in [0.4, 0.5) is 0 Å². The van der Waals surface area contributed by atoms with Gasteiger partial charge in [-0.3, -0.25) is 4.79 Å². The van der Waals surface area contributed by atoms with E-state index in [2.05, 4.69) is 4.98 Å². The Balaban J connectivity index is 2.01. The molecule has 1 aliphatic rings. The largest absolute Gasteiger partial charge is 0.306 e. The molecule has 0 amide bonds. The summed E-state index contributed by atoms with van der Waals surface area (Å²) < 4.78 is 1.95. The van der Waals surface area contributed by atoms with Crippen LogP contribution in [0.2, 0.25) is 0 Å². The molecule has 0 radical (unpaired) electrons. The summed E-state index contributed by atoms with van der Waals surface area (Å²) in [6.45, 7) is 1.95. The van der Waals surface area contributed by atoms with Gasteiger partial charge in [-0.15, -0.1) is 0 Å². The molecule has 0 bridgehead atoms. The number of imidazole rings is 1. The van der Waals surface area contributed by atoms with Crippen molar-refractivity contribution in [3.05, 3.63) is 47.5 Å². The van der Waals surface area contributed by atoms with Crippen LogP contribution in [0.3, 0.4) is 0 Å². The zero-order chi connectivity index (χ0) is 12.7. The molecule has 0 N–H and O–H groups in total. The Labute approximate surface area is 110 Å². The molecule has 2 aromatic rings. The van der Waals surface area contributed by atoms with Gasteiger partial charge in [-0.1, -0.05) is 0 Å². The van der Waals surface area contributed by atoms with Crippen molar-refractivity contribution in [2.24, 2.45) is 0 Å². The highest BCUT2D eigenvalue weighted by atomic mass is 35.5. The van der Waals surface area contributed by atoms with E-state index in [9.17, 15) is 4.79 Å². The van der Waals surface area contributed by atoms with Gasteiger partial charge in [0.05, 0.1) is 12.0 Å². The maximum atomic E-state index is 11.2. The first-order chi connectivity index (χ1) is 8.63. The summed E-state index contributed by atoms with van der Waals surface area (Å²) in [6.07, 6.45) is 6.30. The first kappa shape index (κ1) is 11.5. The number of carbonyl (C=O) groups excluding carboxylic acids is 1. The third-order valence-corrected chi connectivity index (χ3v) is 3.40. The lowest BCUT2D eigenvalue weighted by molar-refractivity contribution is 0.108. The highest BCUT2D eigenvalue weighted by molar-refractivity contribution is 6.67. The highest BCUT2D eigenvalue weighted by Gasteiger charge is 2.25. The predicted molar refractivity (Wildman–Crippen MR) is 70.5 cm³/mol. The number of hydrogen-bond acceptors (Lipinski definition) is 2. The van der Waals surface area contributed by atoms with E-state index >= 15 is 0 Å². The summed E-state index contributed by atoms with van der Waals surface area (Å²) in [5, 5.41) is -0.428. The van der Waals surface area contributed by atoms with Crippen LogP contribution in [0.5, 0.6) is 0 Å². The first-order valence-electron chi connectivity index (χ1n) is 5.99. The quantitative estimate of drug-likeness (QED) is 0.793. The molecule has 0 aliphatic heterocycles. The fourth-order valence-corrected chi connectivity index (χ4v) is 2.20. The van der Waals surface area contributed by atoms with E-state index in [1.54, 1.807) is 18.5 Å². The molecule has 0 atom stereocenters. The van der Waals surface area contributed by atoms with Gasteiger partial charge in [-0.25, -0.2) is 4.98 Å². The molecule has 4 heteroatoms. The van der Waals surface area contributed by atoms with Crippen LogP contribution in [0, 0.1) is 6.92 Å². The average molecular weight is 261 g/mol. The standard InChI is InChI=1S/C14H13ClN2O/c1-9-4-11(14(15)18)6-12(5-9)17-7-13(16-8-17)10-2-3-10/h4-8,10H,2-3H2,1H3. The van der Waals surface area contributed by atoms with Gasteiger partial charge in [-0.2, -0.15) is 0 Å². The van der Waals surface area contributed by atoms with Gasteiger partial charge in [0, 0.05) is 23.4 Å². The number of aromatic nitrogens is 2. The second kappa shape index (κ2) is 4.25. The molecular weight excluding hydrogens is 248 g/mol. The summed E-state index contributed by atoms with van der Waals surface area (Å²) >= 11 is 5.54. The topological polar surface area (TPSA) is 34.9 Å². The maximum absolute atomic E-state index is 11.2. The second-order valence-corrected chi connectivity index (χ2v) is 5.15. The smallest absolute Gasteiger partial charge is 0.252 e. The van der Waals surface area contributed by atoms with Gasteiger partial charge in [0.25, 0.3) is 5.24 Å². The van der Waals surface area contributed by atoms with Crippen molar-refractivity contribution in [2.75, 3.05) is 0 Å². The molecule has 1 fully saturated rings. The van der Waals surface area contributed by atoms with E-state index in [0.717, 1.165) is 16.9 Å². The van der Waals surface area contributed by atoms with Crippen LogP contribution >= 0.6 is 11.6 Å². The van der Waals surface area contributed by atoms with Crippen LogP contribution < -0.4 is 0 Å². The number of aryl methyl sites for hydroxylation is 1. The molecule has 1 saturated carbocycles. The second-order valence-electron chi connectivity index (χ2n) is 4.81. The van der Waals surface area contributed by atoms with Crippen molar-refractivity contribution in [3.8, 4) is 5.69 Å². The van der Waals surface area contributed by atoms with Gasteiger partial charge in [0.15, 0.2) is 0 Å². The Morgan fingerprint density at radius 3 is 2.83 bits per heavy atom. The molecule has 0 spiro atoms. The van der Waals surface area contributed by atoms with Crippen molar-refractivity contribution >= 4 is 16.8 Å². The van der Waals surface area contributed by atoms with Crippen LogP contribution in [-0.4, -0.2) is 14.8 Å². The number of carbonyl (C=O) groups is 1. The summed E-state index contributed by atoms with van der Waals surface area (Å²) in [7, 11) is 0. The molecule has 3 nitrogen and oxygen atoms in total. The fraction of sp³-hybridized carbons (Fsp3) is 0.286. The van der Waals surface area contributed by atoms with Gasteiger partial charge in [0.1, 0.15) is 0 Å². The predicted octanol–water partition coefficient (Wildman–Crippen LogP) is 3.44. The van der Waals surface area contributed by atoms with Gasteiger partial charge in [0.2, 0.25) is 0 Å². The highest BCUT2D eigenvalue weighted by Crippen LogP contribution is 2.39. The number of hydrogen-bond donors (Lipinski definition) is 0. The van der Waals surface area contributed by atoms with Crippen LogP contribution in [0.25, 0.3) is 5.69 Å². The van der Waals surface area contributed by atoms with E-state index in [-0.39, 0.29) is 0 Å². The van der Waals surface area contributed by atoms with Crippen molar-refractivity contribution < 1.29 is 4.79 Å². The lowest BCUT2D eigenvalue weighted by Crippen LogP contribution is -1.96. The zero-order valence-corrected chi connectivity index (χ0v) is 10.8. The minimum atomic E-state index is -0.428. The lowest BCUT2D eigenvalue weighted by atomic mass is 10.1. The molecule has 1 heterocycles. The monoisotopic (exact) mass is 260 g/mol. The summed E-state index contributed by atoms with van der Waals surface area (Å²) in [5.41, 5.74) is 3.60. The van der Waals surface area contributed by atoms with Crippen molar-refractivity contribution in [1.82, 2.24) is 9.55 Å². The van der Waals surface area contributed by atoms with E-state index < -0.39 is 5.24 Å². The summed E-state index contributed by atoms with van der Waals surface area (Å²) in [6, 6.07) is 5.60. The number of benzene rings is 1. The Kier molecular flexibility index (Phi) is 2.71. The lowest BCUT2D eigenvalue weighted by Gasteiger charge is -2.05. The maximum Gasteiger partial charge on any atom is 0.252 e. The fourth-order valence-electron chi connectivity index (χ4n) is 2.09. The van der Waals surface area contributed by atoms with Crippen LogP contribution in [0.1, 0.15) is 40.4 Å². The van der Waals surface area contributed by atoms with Gasteiger partial charge >= 0.3 is 0 Å². The Morgan fingerprint density at radius 2 is 2.17 bits per heavy atom. The SMILES string of the molecule is Cc1cc(C(=O)Cl)cc(-n2cnc(C3CC3)c2)c1. The Bertz CT molecular complexity index is 614. The molecule has 1 aliphatic carbocycles. The van der Waals surface area contributed by atoms with E-state index in [1.165, 1.54) is 12.8 Å². The molecule has 1 aromatic heterocycles. The molecule has 3 rings (SSSR count). The number of rotatable bonds is 3. The number of nitrogens with zero attached hydrogens (tertiary/aromatic N) is 2. The Morgan fingerprint density at radius 1 is 1.39 bits per heavy atom. The summed E-state index contributed by atoms with van der Waals surface area (Å²) in [4.78, 5) is 15.6. The minimum Gasteiger partial charge on any atom is -0.306 e. The average Bonchev–Trinajstić information content (AvgIpc) is 3.06. The van der Waals surface area contributed by atoms with Crippen LogP contribution in [-0.2, 0) is 0 Å². The Hall–Kier alpha value is -1.61. The van der Waals surface area contributed by atoms with E-state index in [4.69, 9.17) is 11.6 Å². The minimum absolute atomic E-state index is 0.428. The van der Waals surface area contributed by atoms with Crippen molar-refractivity contribution in [3.63, 3.8) is 0 Å². The van der Waals surface area contributed by atoms with E-state index in [1.807, 2.05) is 23.8 Å². The molecular formula is C14H13ClN2O. The summed E-state index contributed by atoms with van der Waals surface area (Å²) in [5.74, 6) is 0.630. The third kappa shape index (κ3) is 2.18. The molecule has 0 saturated heterocycles. The molecule has 18 heavy (non-hydrogen) atoms. The van der Waals surface area contributed by atoms with Crippen LogP contribution in [0.15, 0.2) is 30.7 Å². The molecule has 1 aromatic carbocycles.